The van der Waals surface area contributed by atoms with Crippen molar-refractivity contribution in [2.45, 2.75) is 32.2 Å². The molecule has 1 atom stereocenters. The minimum Gasteiger partial charge on any atom is -0.406 e. The molecule has 6 nitrogen and oxygen atoms in total. The zero-order valence-corrected chi connectivity index (χ0v) is 15.8. The van der Waals surface area contributed by atoms with Crippen LogP contribution < -0.4 is 21.1 Å². The number of aryl methyl sites for hydroxylation is 1. The van der Waals surface area contributed by atoms with Gasteiger partial charge in [0.1, 0.15) is 5.75 Å². The fourth-order valence-corrected chi connectivity index (χ4v) is 2.85. The Balaban J connectivity index is 1.87. The molecule has 2 aromatic carbocycles. The van der Waals surface area contributed by atoms with Crippen molar-refractivity contribution in [3.63, 3.8) is 0 Å². The van der Waals surface area contributed by atoms with E-state index in [1.807, 2.05) is 31.2 Å². The number of ether oxygens (including phenoxy) is 1. The first-order valence-corrected chi connectivity index (χ1v) is 8.87. The summed E-state index contributed by atoms with van der Waals surface area (Å²) in [5.41, 5.74) is 7.67. The minimum absolute atomic E-state index is 0.00610. The zero-order chi connectivity index (χ0) is 21.4. The summed E-state index contributed by atoms with van der Waals surface area (Å²) >= 11 is 0. The standard InChI is InChI=1S/C20H22F3N3O3/c1-13-4-2-3-5-16(13)17(26-19(24)28)12-18(27)25-11-10-14-6-8-15(9-7-14)29-20(21,22)23/h2-9,17H,10-12H2,1H3,(H,25,27)(H3,24,26,28). The average Bonchev–Trinajstić information content (AvgIpc) is 2.61. The maximum Gasteiger partial charge on any atom is 0.573 e. The van der Waals surface area contributed by atoms with E-state index < -0.39 is 18.4 Å². The molecule has 3 amide bonds. The zero-order valence-electron chi connectivity index (χ0n) is 15.8. The summed E-state index contributed by atoms with van der Waals surface area (Å²) in [6, 6.07) is 11.5. The fraction of sp³-hybridized carbons (Fsp3) is 0.300. The van der Waals surface area contributed by atoms with Gasteiger partial charge in [0, 0.05) is 6.54 Å². The van der Waals surface area contributed by atoms with Crippen LogP contribution in [0.1, 0.15) is 29.2 Å². The third kappa shape index (κ3) is 7.73. The molecular formula is C20H22F3N3O3. The fourth-order valence-electron chi connectivity index (χ4n) is 2.85. The van der Waals surface area contributed by atoms with Gasteiger partial charge >= 0.3 is 12.4 Å². The van der Waals surface area contributed by atoms with Gasteiger partial charge in [0.2, 0.25) is 5.91 Å². The van der Waals surface area contributed by atoms with Crippen molar-refractivity contribution in [1.82, 2.24) is 10.6 Å². The quantitative estimate of drug-likeness (QED) is 0.624. The second-order valence-corrected chi connectivity index (χ2v) is 6.41. The maximum absolute atomic E-state index is 12.3. The van der Waals surface area contributed by atoms with Crippen molar-refractivity contribution >= 4 is 11.9 Å². The van der Waals surface area contributed by atoms with Crippen LogP contribution in [-0.4, -0.2) is 24.8 Å². The number of benzene rings is 2. The van der Waals surface area contributed by atoms with E-state index in [1.165, 1.54) is 24.3 Å². The molecule has 29 heavy (non-hydrogen) atoms. The Labute approximate surface area is 166 Å². The van der Waals surface area contributed by atoms with Crippen LogP contribution in [0, 0.1) is 6.92 Å². The Morgan fingerprint density at radius 3 is 2.34 bits per heavy atom. The van der Waals surface area contributed by atoms with Gasteiger partial charge in [-0.2, -0.15) is 0 Å². The predicted molar refractivity (Wildman–Crippen MR) is 101 cm³/mol. The second-order valence-electron chi connectivity index (χ2n) is 6.41. The molecule has 0 fully saturated rings. The van der Waals surface area contributed by atoms with Crippen LogP contribution in [0.4, 0.5) is 18.0 Å². The van der Waals surface area contributed by atoms with Gasteiger partial charge in [-0.3, -0.25) is 4.79 Å². The van der Waals surface area contributed by atoms with Gasteiger partial charge in [0.15, 0.2) is 0 Å². The Hall–Kier alpha value is -3.23. The number of primary amides is 1. The first-order chi connectivity index (χ1) is 13.6. The van der Waals surface area contributed by atoms with Crippen LogP contribution in [0.2, 0.25) is 0 Å². The molecule has 0 spiro atoms. The number of rotatable bonds is 8. The molecule has 2 aromatic rings. The van der Waals surface area contributed by atoms with Gasteiger partial charge in [-0.05, 0) is 42.2 Å². The number of urea groups is 1. The van der Waals surface area contributed by atoms with Gasteiger partial charge in [0.25, 0.3) is 0 Å². The predicted octanol–water partition coefficient (Wildman–Crippen LogP) is 3.35. The van der Waals surface area contributed by atoms with Gasteiger partial charge < -0.3 is 21.1 Å². The van der Waals surface area contributed by atoms with Crippen molar-refractivity contribution in [3.05, 3.63) is 65.2 Å². The van der Waals surface area contributed by atoms with E-state index in [-0.39, 0.29) is 24.6 Å². The molecule has 156 valence electrons. The molecule has 0 saturated heterocycles. The van der Waals surface area contributed by atoms with Crippen molar-refractivity contribution in [3.8, 4) is 5.75 Å². The Morgan fingerprint density at radius 2 is 1.76 bits per heavy atom. The van der Waals surface area contributed by atoms with Gasteiger partial charge in [-0.25, -0.2) is 4.79 Å². The molecule has 9 heteroatoms. The number of carbonyl (C=O) groups is 2. The normalized spacial score (nSPS) is 12.1. The summed E-state index contributed by atoms with van der Waals surface area (Å²) < 4.78 is 40.3. The van der Waals surface area contributed by atoms with E-state index in [2.05, 4.69) is 15.4 Å². The lowest BCUT2D eigenvalue weighted by molar-refractivity contribution is -0.274. The number of amides is 3. The summed E-state index contributed by atoms with van der Waals surface area (Å²) in [5.74, 6) is -0.590. The minimum atomic E-state index is -4.73. The van der Waals surface area contributed by atoms with E-state index >= 15 is 0 Å². The molecule has 0 radical (unpaired) electrons. The molecule has 4 N–H and O–H groups in total. The lowest BCUT2D eigenvalue weighted by Gasteiger charge is -2.19. The Kier molecular flexibility index (Phi) is 7.46. The number of hydrogen-bond acceptors (Lipinski definition) is 3. The van der Waals surface area contributed by atoms with Crippen molar-refractivity contribution in [2.75, 3.05) is 6.54 Å². The first kappa shape index (κ1) is 22.1. The molecule has 0 aliphatic heterocycles. The molecule has 1 unspecified atom stereocenters. The number of nitrogens with two attached hydrogens (primary N) is 1. The Bertz CT molecular complexity index is 839. The molecule has 0 aliphatic rings. The highest BCUT2D eigenvalue weighted by molar-refractivity contribution is 5.78. The largest absolute Gasteiger partial charge is 0.573 e. The van der Waals surface area contributed by atoms with Crippen LogP contribution in [0.15, 0.2) is 48.5 Å². The van der Waals surface area contributed by atoms with Gasteiger partial charge in [-0.15, -0.1) is 13.2 Å². The highest BCUT2D eigenvalue weighted by Crippen LogP contribution is 2.23. The van der Waals surface area contributed by atoms with Crippen LogP contribution >= 0.6 is 0 Å². The first-order valence-electron chi connectivity index (χ1n) is 8.87. The van der Waals surface area contributed by atoms with E-state index in [0.717, 1.165) is 16.7 Å². The van der Waals surface area contributed by atoms with E-state index in [4.69, 9.17) is 5.73 Å². The average molecular weight is 409 g/mol. The lowest BCUT2D eigenvalue weighted by atomic mass is 9.98. The van der Waals surface area contributed by atoms with Crippen LogP contribution in [0.3, 0.4) is 0 Å². The van der Waals surface area contributed by atoms with Crippen molar-refractivity contribution in [1.29, 1.82) is 0 Å². The molecule has 0 heterocycles. The molecule has 0 bridgehead atoms. The smallest absolute Gasteiger partial charge is 0.406 e. The van der Waals surface area contributed by atoms with Gasteiger partial charge in [-0.1, -0.05) is 36.4 Å². The Morgan fingerprint density at radius 1 is 1.10 bits per heavy atom. The highest BCUT2D eigenvalue weighted by Gasteiger charge is 2.30. The molecular weight excluding hydrogens is 387 g/mol. The topological polar surface area (TPSA) is 93.4 Å². The number of nitrogens with one attached hydrogen (secondary N) is 2. The van der Waals surface area contributed by atoms with Crippen LogP contribution in [-0.2, 0) is 11.2 Å². The van der Waals surface area contributed by atoms with Crippen LogP contribution in [0.25, 0.3) is 0 Å². The third-order valence-corrected chi connectivity index (χ3v) is 4.16. The van der Waals surface area contributed by atoms with Crippen molar-refractivity contribution < 1.29 is 27.5 Å². The van der Waals surface area contributed by atoms with Crippen molar-refractivity contribution in [2.24, 2.45) is 5.73 Å². The maximum atomic E-state index is 12.3. The molecule has 2 rings (SSSR count). The summed E-state index contributed by atoms with van der Waals surface area (Å²) in [4.78, 5) is 23.6. The summed E-state index contributed by atoms with van der Waals surface area (Å²) in [6.45, 7) is 2.16. The second kappa shape index (κ2) is 9.81. The molecule has 0 saturated carbocycles. The number of halogens is 3. The summed E-state index contributed by atoms with van der Waals surface area (Å²) in [5, 5.41) is 5.31. The number of carbonyl (C=O) groups excluding carboxylic acids is 2. The third-order valence-electron chi connectivity index (χ3n) is 4.16. The highest BCUT2D eigenvalue weighted by atomic mass is 19.4. The van der Waals surface area contributed by atoms with Gasteiger partial charge in [0.05, 0.1) is 12.5 Å². The van der Waals surface area contributed by atoms with E-state index in [0.29, 0.717) is 6.42 Å². The summed E-state index contributed by atoms with van der Waals surface area (Å²) in [7, 11) is 0. The van der Waals surface area contributed by atoms with Crippen LogP contribution in [0.5, 0.6) is 5.75 Å². The van der Waals surface area contributed by atoms with E-state index in [1.54, 1.807) is 0 Å². The van der Waals surface area contributed by atoms with E-state index in [9.17, 15) is 22.8 Å². The molecule has 0 aliphatic carbocycles. The molecule has 0 aromatic heterocycles. The number of alkyl halides is 3. The SMILES string of the molecule is Cc1ccccc1C(CC(=O)NCCc1ccc(OC(F)(F)F)cc1)NC(N)=O. The lowest BCUT2D eigenvalue weighted by Crippen LogP contribution is -2.37. The summed E-state index contributed by atoms with van der Waals surface area (Å²) in [6.07, 6.45) is -4.30. The monoisotopic (exact) mass is 409 g/mol. The number of hydrogen-bond donors (Lipinski definition) is 3.